The molecule has 0 aliphatic carbocycles. The molecule has 4 rings (SSSR count). The molecule has 5 nitrogen and oxygen atoms in total. The molecule has 2 aromatic carbocycles. The third-order valence-electron chi connectivity index (χ3n) is 5.29. The van der Waals surface area contributed by atoms with Gasteiger partial charge in [0.05, 0.1) is 20.4 Å². The SMILES string of the molecule is COc1cccc(C2CCN(Cc3cnn(-c4ccccc4F)c3)C2)c1OC. The van der Waals surface area contributed by atoms with Crippen molar-refractivity contribution in [3.63, 3.8) is 0 Å². The molecule has 1 aliphatic rings. The number of benzene rings is 2. The van der Waals surface area contributed by atoms with Crippen LogP contribution in [0.3, 0.4) is 0 Å². The highest BCUT2D eigenvalue weighted by atomic mass is 19.1. The summed E-state index contributed by atoms with van der Waals surface area (Å²) in [5.41, 5.74) is 2.72. The second kappa shape index (κ2) is 8.02. The van der Waals surface area contributed by atoms with Gasteiger partial charge in [-0.3, -0.25) is 4.90 Å². The molecule has 0 spiro atoms. The highest BCUT2D eigenvalue weighted by Crippen LogP contribution is 2.39. The first-order valence-electron chi connectivity index (χ1n) is 9.41. The summed E-state index contributed by atoms with van der Waals surface area (Å²) in [7, 11) is 3.35. The van der Waals surface area contributed by atoms with Crippen LogP contribution in [0.4, 0.5) is 4.39 Å². The Hall–Kier alpha value is -2.86. The molecule has 1 aromatic heterocycles. The number of nitrogens with zero attached hydrogens (tertiary/aromatic N) is 3. The molecule has 1 aliphatic heterocycles. The van der Waals surface area contributed by atoms with Crippen LogP contribution < -0.4 is 9.47 Å². The molecule has 2 heterocycles. The Kier molecular flexibility index (Phi) is 5.30. The van der Waals surface area contributed by atoms with Gasteiger partial charge in [-0.15, -0.1) is 0 Å². The smallest absolute Gasteiger partial charge is 0.164 e. The number of rotatable bonds is 6. The molecule has 3 aromatic rings. The van der Waals surface area contributed by atoms with Gasteiger partial charge in [-0.05, 0) is 31.2 Å². The number of aromatic nitrogens is 2. The Bertz CT molecular complexity index is 956. The van der Waals surface area contributed by atoms with E-state index in [2.05, 4.69) is 16.1 Å². The van der Waals surface area contributed by atoms with E-state index in [0.717, 1.165) is 43.1 Å². The average Bonchev–Trinajstić information content (AvgIpc) is 3.37. The van der Waals surface area contributed by atoms with Crippen molar-refractivity contribution < 1.29 is 13.9 Å². The molecule has 0 amide bonds. The quantitative estimate of drug-likeness (QED) is 0.647. The normalized spacial score (nSPS) is 17.0. The van der Waals surface area contributed by atoms with Gasteiger partial charge >= 0.3 is 0 Å². The summed E-state index contributed by atoms with van der Waals surface area (Å²) < 4.78 is 26.6. The summed E-state index contributed by atoms with van der Waals surface area (Å²) >= 11 is 0. The van der Waals surface area contributed by atoms with Crippen molar-refractivity contribution in [2.75, 3.05) is 27.3 Å². The van der Waals surface area contributed by atoms with E-state index in [0.29, 0.717) is 11.6 Å². The number of para-hydroxylation sites is 2. The number of hydrogen-bond donors (Lipinski definition) is 0. The maximum atomic E-state index is 14.0. The van der Waals surface area contributed by atoms with Gasteiger partial charge in [-0.2, -0.15) is 5.10 Å². The van der Waals surface area contributed by atoms with Gasteiger partial charge in [0, 0.05) is 36.3 Å². The predicted molar refractivity (Wildman–Crippen MR) is 106 cm³/mol. The largest absolute Gasteiger partial charge is 0.493 e. The first-order chi connectivity index (χ1) is 13.7. The number of halogens is 1. The first kappa shape index (κ1) is 18.5. The zero-order valence-corrected chi connectivity index (χ0v) is 16.1. The fourth-order valence-electron chi connectivity index (χ4n) is 3.93. The zero-order chi connectivity index (χ0) is 19.5. The lowest BCUT2D eigenvalue weighted by atomic mass is 9.97. The van der Waals surface area contributed by atoms with Crippen LogP contribution in [0.15, 0.2) is 54.9 Å². The van der Waals surface area contributed by atoms with Crippen LogP contribution in [0.2, 0.25) is 0 Å². The van der Waals surface area contributed by atoms with Crippen LogP contribution in [0.1, 0.15) is 23.5 Å². The minimum atomic E-state index is -0.275. The van der Waals surface area contributed by atoms with Crippen LogP contribution in [-0.2, 0) is 6.54 Å². The van der Waals surface area contributed by atoms with E-state index in [4.69, 9.17) is 9.47 Å². The molecule has 0 radical (unpaired) electrons. The van der Waals surface area contributed by atoms with Crippen LogP contribution in [0.25, 0.3) is 5.69 Å². The third kappa shape index (κ3) is 3.60. The third-order valence-corrected chi connectivity index (χ3v) is 5.29. The molecule has 28 heavy (non-hydrogen) atoms. The lowest BCUT2D eigenvalue weighted by Crippen LogP contribution is -2.19. The molecule has 0 saturated carbocycles. The van der Waals surface area contributed by atoms with Crippen molar-refractivity contribution >= 4 is 0 Å². The molecule has 0 N–H and O–H groups in total. The molecular formula is C22H24FN3O2. The van der Waals surface area contributed by atoms with E-state index < -0.39 is 0 Å². The molecule has 1 unspecified atom stereocenters. The lowest BCUT2D eigenvalue weighted by Gasteiger charge is -2.18. The molecular weight excluding hydrogens is 357 g/mol. The van der Waals surface area contributed by atoms with E-state index in [1.165, 1.54) is 11.6 Å². The fourth-order valence-corrected chi connectivity index (χ4v) is 3.93. The Morgan fingerprint density at radius 3 is 2.75 bits per heavy atom. The van der Waals surface area contributed by atoms with Crippen molar-refractivity contribution in [3.05, 3.63) is 71.8 Å². The van der Waals surface area contributed by atoms with E-state index in [9.17, 15) is 4.39 Å². The Balaban J connectivity index is 1.46. The minimum absolute atomic E-state index is 0.275. The van der Waals surface area contributed by atoms with Crippen molar-refractivity contribution in [1.29, 1.82) is 0 Å². The number of likely N-dealkylation sites (tertiary alicyclic amines) is 1. The minimum Gasteiger partial charge on any atom is -0.493 e. The van der Waals surface area contributed by atoms with E-state index in [1.807, 2.05) is 30.6 Å². The monoisotopic (exact) mass is 381 g/mol. The van der Waals surface area contributed by atoms with Crippen LogP contribution >= 0.6 is 0 Å². The topological polar surface area (TPSA) is 39.5 Å². The van der Waals surface area contributed by atoms with Gasteiger partial charge < -0.3 is 9.47 Å². The highest BCUT2D eigenvalue weighted by molar-refractivity contribution is 5.48. The van der Waals surface area contributed by atoms with Gasteiger partial charge in [0.15, 0.2) is 11.5 Å². The van der Waals surface area contributed by atoms with Gasteiger partial charge in [0.2, 0.25) is 0 Å². The summed E-state index contributed by atoms with van der Waals surface area (Å²) in [6, 6.07) is 12.7. The second-order valence-corrected chi connectivity index (χ2v) is 7.05. The van der Waals surface area contributed by atoms with Crippen molar-refractivity contribution in [2.24, 2.45) is 0 Å². The van der Waals surface area contributed by atoms with Crippen LogP contribution in [0.5, 0.6) is 11.5 Å². The van der Waals surface area contributed by atoms with Gasteiger partial charge in [0.25, 0.3) is 0 Å². The van der Waals surface area contributed by atoms with Crippen molar-refractivity contribution in [2.45, 2.75) is 18.9 Å². The van der Waals surface area contributed by atoms with E-state index in [1.54, 1.807) is 31.0 Å². The van der Waals surface area contributed by atoms with Crippen LogP contribution in [-0.4, -0.2) is 42.0 Å². The molecule has 146 valence electrons. The number of ether oxygens (including phenoxy) is 2. The molecule has 0 bridgehead atoms. The Morgan fingerprint density at radius 2 is 1.96 bits per heavy atom. The average molecular weight is 381 g/mol. The highest BCUT2D eigenvalue weighted by Gasteiger charge is 2.27. The summed E-state index contributed by atoms with van der Waals surface area (Å²) in [6.45, 7) is 2.72. The molecule has 1 atom stereocenters. The van der Waals surface area contributed by atoms with E-state index in [-0.39, 0.29) is 5.82 Å². The summed E-state index contributed by atoms with van der Waals surface area (Å²) in [5, 5.41) is 4.33. The van der Waals surface area contributed by atoms with Crippen molar-refractivity contribution in [1.82, 2.24) is 14.7 Å². The molecule has 1 fully saturated rings. The standard InChI is InChI=1S/C22H24FN3O2/c1-27-21-9-5-6-18(22(21)28-2)17-10-11-25(15-17)13-16-12-24-26(14-16)20-8-4-3-7-19(20)23/h3-9,12,14,17H,10-11,13,15H2,1-2H3. The Morgan fingerprint density at radius 1 is 1.11 bits per heavy atom. The van der Waals surface area contributed by atoms with Crippen LogP contribution in [0, 0.1) is 5.82 Å². The summed E-state index contributed by atoms with van der Waals surface area (Å²) in [6.07, 6.45) is 4.77. The number of methoxy groups -OCH3 is 2. The zero-order valence-electron chi connectivity index (χ0n) is 16.1. The number of hydrogen-bond acceptors (Lipinski definition) is 4. The predicted octanol–water partition coefficient (Wildman–Crippen LogP) is 4.02. The maximum absolute atomic E-state index is 14.0. The lowest BCUT2D eigenvalue weighted by molar-refractivity contribution is 0.323. The molecule has 1 saturated heterocycles. The Labute approximate surface area is 164 Å². The summed E-state index contributed by atoms with van der Waals surface area (Å²) in [5.74, 6) is 1.71. The maximum Gasteiger partial charge on any atom is 0.164 e. The van der Waals surface area contributed by atoms with Gasteiger partial charge in [0.1, 0.15) is 11.5 Å². The van der Waals surface area contributed by atoms with Gasteiger partial charge in [-0.1, -0.05) is 24.3 Å². The summed E-state index contributed by atoms with van der Waals surface area (Å²) in [4.78, 5) is 2.40. The fraction of sp³-hybridized carbons (Fsp3) is 0.318. The van der Waals surface area contributed by atoms with Crippen molar-refractivity contribution in [3.8, 4) is 17.2 Å². The van der Waals surface area contributed by atoms with E-state index >= 15 is 0 Å². The second-order valence-electron chi connectivity index (χ2n) is 7.05. The first-order valence-corrected chi connectivity index (χ1v) is 9.41. The molecule has 6 heteroatoms. The van der Waals surface area contributed by atoms with Gasteiger partial charge in [-0.25, -0.2) is 9.07 Å².